The molecule has 0 fully saturated rings. The Kier molecular flexibility index (Phi) is 8.60. The van der Waals surface area contributed by atoms with Gasteiger partial charge in [-0.1, -0.05) is 77.4 Å². The van der Waals surface area contributed by atoms with E-state index in [-0.39, 0.29) is 0 Å². The Morgan fingerprint density at radius 3 is 2.61 bits per heavy atom. The van der Waals surface area contributed by atoms with Crippen molar-refractivity contribution in [2.75, 3.05) is 12.3 Å². The topological polar surface area (TPSA) is 64.9 Å². The number of thioether (sulfide) groups is 1. The Morgan fingerprint density at radius 1 is 0.939 bits per heavy atom. The summed E-state index contributed by atoms with van der Waals surface area (Å²) < 4.78 is 7.79. The van der Waals surface area contributed by atoms with E-state index < -0.39 is 0 Å². The molecule has 0 saturated carbocycles. The van der Waals surface area contributed by atoms with Gasteiger partial charge in [-0.05, 0) is 53.7 Å². The fraction of sp³-hybridized carbons (Fsp3) is 0.208. The van der Waals surface area contributed by atoms with E-state index in [1.54, 1.807) is 22.5 Å². The summed E-state index contributed by atoms with van der Waals surface area (Å²) >= 11 is 13.9. The number of ether oxygens (including phenoxy) is 1. The summed E-state index contributed by atoms with van der Waals surface area (Å²) in [5.41, 5.74) is 2.96. The SMILES string of the molecule is Clc1ccc(COc2ccccc2CNCCCSc2nnnn2-c2ccccc2)c(Cl)c1. The Balaban J connectivity index is 1.22. The highest BCUT2D eigenvalue weighted by molar-refractivity contribution is 7.99. The lowest BCUT2D eigenvalue weighted by Crippen LogP contribution is -2.16. The quantitative estimate of drug-likeness (QED) is 0.207. The molecule has 33 heavy (non-hydrogen) atoms. The van der Waals surface area contributed by atoms with Crippen molar-refractivity contribution in [1.82, 2.24) is 25.5 Å². The molecule has 3 aromatic carbocycles. The molecule has 170 valence electrons. The molecule has 0 radical (unpaired) electrons. The summed E-state index contributed by atoms with van der Waals surface area (Å²) in [6, 6.07) is 23.3. The van der Waals surface area contributed by atoms with E-state index in [0.29, 0.717) is 16.7 Å². The monoisotopic (exact) mass is 499 g/mol. The number of aromatic nitrogens is 4. The van der Waals surface area contributed by atoms with Crippen LogP contribution in [0.4, 0.5) is 0 Å². The van der Waals surface area contributed by atoms with Gasteiger partial charge in [0.1, 0.15) is 12.4 Å². The van der Waals surface area contributed by atoms with Crippen molar-refractivity contribution in [2.45, 2.75) is 24.7 Å². The molecule has 9 heteroatoms. The second-order valence-corrected chi connectivity index (χ2v) is 9.13. The molecule has 6 nitrogen and oxygen atoms in total. The standard InChI is InChI=1S/C24H23Cl2N5OS/c25-20-12-11-19(22(26)15-20)17-32-23-10-5-4-7-18(23)16-27-13-6-14-33-24-28-29-30-31(24)21-8-2-1-3-9-21/h1-5,7-12,15,27H,6,13-14,16-17H2. The van der Waals surface area contributed by atoms with Crippen molar-refractivity contribution in [3.63, 3.8) is 0 Å². The van der Waals surface area contributed by atoms with Gasteiger partial charge in [0.05, 0.1) is 5.69 Å². The Morgan fingerprint density at radius 2 is 1.76 bits per heavy atom. The number of nitrogens with zero attached hydrogens (tertiary/aromatic N) is 4. The molecule has 0 aliphatic rings. The maximum atomic E-state index is 6.26. The van der Waals surface area contributed by atoms with Crippen molar-refractivity contribution < 1.29 is 4.74 Å². The van der Waals surface area contributed by atoms with Gasteiger partial charge in [0.2, 0.25) is 5.16 Å². The highest BCUT2D eigenvalue weighted by Crippen LogP contribution is 2.24. The zero-order valence-corrected chi connectivity index (χ0v) is 20.2. The summed E-state index contributed by atoms with van der Waals surface area (Å²) in [7, 11) is 0. The number of para-hydroxylation sites is 2. The number of hydrogen-bond donors (Lipinski definition) is 1. The van der Waals surface area contributed by atoms with E-state index in [4.69, 9.17) is 27.9 Å². The summed E-state index contributed by atoms with van der Waals surface area (Å²) in [6.07, 6.45) is 0.982. The molecule has 0 spiro atoms. The van der Waals surface area contributed by atoms with Gasteiger partial charge in [0.25, 0.3) is 0 Å². The van der Waals surface area contributed by atoms with Crippen molar-refractivity contribution in [3.05, 3.63) is 94.0 Å². The van der Waals surface area contributed by atoms with Crippen LogP contribution in [0.3, 0.4) is 0 Å². The van der Waals surface area contributed by atoms with E-state index in [1.807, 2.05) is 60.7 Å². The van der Waals surface area contributed by atoms with Gasteiger partial charge in [0.15, 0.2) is 0 Å². The molecule has 0 atom stereocenters. The summed E-state index contributed by atoms with van der Waals surface area (Å²) in [5, 5.41) is 17.5. The third-order valence-corrected chi connectivity index (χ3v) is 6.45. The lowest BCUT2D eigenvalue weighted by molar-refractivity contribution is 0.302. The maximum absolute atomic E-state index is 6.26. The Bertz CT molecular complexity index is 1170. The largest absolute Gasteiger partial charge is 0.489 e. The molecule has 0 amide bonds. The minimum Gasteiger partial charge on any atom is -0.489 e. The molecule has 1 N–H and O–H groups in total. The molecular formula is C24H23Cl2N5OS. The zero-order valence-electron chi connectivity index (χ0n) is 17.8. The van der Waals surface area contributed by atoms with Gasteiger partial charge in [-0.3, -0.25) is 0 Å². The Hall–Kier alpha value is -2.58. The van der Waals surface area contributed by atoms with Gasteiger partial charge >= 0.3 is 0 Å². The number of rotatable bonds is 11. The molecule has 0 unspecified atom stereocenters. The molecule has 1 aromatic heterocycles. The first-order chi connectivity index (χ1) is 16.2. The molecule has 4 aromatic rings. The molecule has 0 aliphatic heterocycles. The summed E-state index contributed by atoms with van der Waals surface area (Å²) in [6.45, 7) is 1.98. The van der Waals surface area contributed by atoms with Crippen LogP contribution in [0.5, 0.6) is 5.75 Å². The first-order valence-electron chi connectivity index (χ1n) is 10.5. The Labute approximate surface area is 207 Å². The predicted molar refractivity (Wildman–Crippen MR) is 133 cm³/mol. The van der Waals surface area contributed by atoms with Crippen LogP contribution in [0.1, 0.15) is 17.5 Å². The van der Waals surface area contributed by atoms with Crippen LogP contribution in [0.2, 0.25) is 10.0 Å². The number of halogens is 2. The van der Waals surface area contributed by atoms with E-state index in [0.717, 1.165) is 53.0 Å². The van der Waals surface area contributed by atoms with Crippen LogP contribution >= 0.6 is 35.0 Å². The van der Waals surface area contributed by atoms with Gasteiger partial charge in [-0.25, -0.2) is 0 Å². The second-order valence-electron chi connectivity index (χ2n) is 7.22. The third kappa shape index (κ3) is 6.71. The zero-order chi connectivity index (χ0) is 22.9. The number of tetrazole rings is 1. The molecule has 0 saturated heterocycles. The number of benzene rings is 3. The van der Waals surface area contributed by atoms with E-state index in [1.165, 1.54) is 0 Å². The molecule has 0 aliphatic carbocycles. The smallest absolute Gasteiger partial charge is 0.214 e. The lowest BCUT2D eigenvalue weighted by Gasteiger charge is -2.13. The van der Waals surface area contributed by atoms with E-state index in [2.05, 4.69) is 26.9 Å². The fourth-order valence-corrected chi connectivity index (χ4v) is 4.46. The summed E-state index contributed by atoms with van der Waals surface area (Å²) in [5.74, 6) is 1.75. The maximum Gasteiger partial charge on any atom is 0.214 e. The normalized spacial score (nSPS) is 11.0. The van der Waals surface area contributed by atoms with Gasteiger partial charge in [-0.15, -0.1) is 5.10 Å². The minimum absolute atomic E-state index is 0.389. The van der Waals surface area contributed by atoms with Gasteiger partial charge < -0.3 is 10.1 Å². The average molecular weight is 500 g/mol. The molecule has 4 rings (SSSR count). The predicted octanol–water partition coefficient (Wildman–Crippen LogP) is 5.82. The van der Waals surface area contributed by atoms with Gasteiger partial charge in [-0.2, -0.15) is 4.68 Å². The van der Waals surface area contributed by atoms with Crippen LogP contribution in [0.25, 0.3) is 5.69 Å². The van der Waals surface area contributed by atoms with Crippen LogP contribution in [-0.2, 0) is 13.2 Å². The van der Waals surface area contributed by atoms with E-state index in [9.17, 15) is 0 Å². The first-order valence-corrected chi connectivity index (χ1v) is 12.3. The van der Waals surface area contributed by atoms with Crippen molar-refractivity contribution in [2.24, 2.45) is 0 Å². The molecule has 1 heterocycles. The molecule has 0 bridgehead atoms. The summed E-state index contributed by atoms with van der Waals surface area (Å²) in [4.78, 5) is 0. The fourth-order valence-electron chi connectivity index (χ4n) is 3.17. The third-order valence-electron chi connectivity index (χ3n) is 4.86. The van der Waals surface area contributed by atoms with E-state index >= 15 is 0 Å². The van der Waals surface area contributed by atoms with Crippen molar-refractivity contribution >= 4 is 35.0 Å². The van der Waals surface area contributed by atoms with Crippen LogP contribution in [0.15, 0.2) is 78.0 Å². The van der Waals surface area contributed by atoms with Crippen molar-refractivity contribution in [3.8, 4) is 11.4 Å². The highest BCUT2D eigenvalue weighted by Gasteiger charge is 2.09. The number of hydrogen-bond acceptors (Lipinski definition) is 6. The van der Waals surface area contributed by atoms with Crippen LogP contribution in [0, 0.1) is 0 Å². The first kappa shape index (κ1) is 23.6. The number of nitrogens with one attached hydrogen (secondary N) is 1. The molecular weight excluding hydrogens is 477 g/mol. The van der Waals surface area contributed by atoms with Crippen LogP contribution < -0.4 is 10.1 Å². The highest BCUT2D eigenvalue weighted by atomic mass is 35.5. The lowest BCUT2D eigenvalue weighted by atomic mass is 10.2. The average Bonchev–Trinajstić information content (AvgIpc) is 3.30. The van der Waals surface area contributed by atoms with Gasteiger partial charge in [0, 0.05) is 33.5 Å². The minimum atomic E-state index is 0.389. The van der Waals surface area contributed by atoms with Crippen molar-refractivity contribution in [1.29, 1.82) is 0 Å². The van der Waals surface area contributed by atoms with Crippen LogP contribution in [-0.4, -0.2) is 32.5 Å². The second kappa shape index (κ2) is 12.0.